The van der Waals surface area contributed by atoms with E-state index in [4.69, 9.17) is 0 Å². The molecule has 136 valence electrons. The first-order chi connectivity index (χ1) is 13.0. The minimum absolute atomic E-state index is 0.0215. The summed E-state index contributed by atoms with van der Waals surface area (Å²) < 4.78 is 1.78. The maximum atomic E-state index is 12.6. The maximum absolute atomic E-state index is 12.6. The molecule has 1 amide bonds. The summed E-state index contributed by atoms with van der Waals surface area (Å²) in [5.41, 5.74) is 1.55. The second-order valence-electron chi connectivity index (χ2n) is 6.44. The highest BCUT2D eigenvalue weighted by atomic mass is 16.6. The lowest BCUT2D eigenvalue weighted by atomic mass is 10.1. The molecule has 1 aliphatic carbocycles. The molecule has 1 fully saturated rings. The Hall–Kier alpha value is -3.62. The second-order valence-corrected chi connectivity index (χ2v) is 6.44. The number of aromatic nitrogens is 4. The molecule has 0 saturated heterocycles. The Bertz CT molecular complexity index is 1040. The number of hydrogen-bond donors (Lipinski definition) is 1. The maximum Gasteiger partial charge on any atom is 0.285 e. The summed E-state index contributed by atoms with van der Waals surface area (Å²) in [6.45, 7) is 1.60. The van der Waals surface area contributed by atoms with Gasteiger partial charge in [-0.05, 0) is 48.4 Å². The van der Waals surface area contributed by atoms with Gasteiger partial charge in [-0.25, -0.2) is 4.68 Å². The van der Waals surface area contributed by atoms with E-state index in [1.165, 1.54) is 6.07 Å². The number of nitro benzene ring substituents is 1. The van der Waals surface area contributed by atoms with Crippen molar-refractivity contribution in [2.24, 2.45) is 0 Å². The number of carbonyl (C=O) groups excluding carboxylic acids is 1. The van der Waals surface area contributed by atoms with Gasteiger partial charge in [-0.15, -0.1) is 5.10 Å². The third-order valence-electron chi connectivity index (χ3n) is 4.43. The summed E-state index contributed by atoms with van der Waals surface area (Å²) in [6, 6.07) is 12.1. The molecule has 0 bridgehead atoms. The van der Waals surface area contributed by atoms with Crippen LogP contribution in [-0.2, 0) is 0 Å². The molecule has 1 aromatic heterocycles. The van der Waals surface area contributed by atoms with Crippen molar-refractivity contribution in [1.29, 1.82) is 0 Å². The largest absolute Gasteiger partial charge is 0.322 e. The number of nitro groups is 1. The highest BCUT2D eigenvalue weighted by molar-refractivity contribution is 6.07. The van der Waals surface area contributed by atoms with Crippen LogP contribution in [0, 0.1) is 17.0 Å². The molecule has 3 aromatic rings. The Labute approximate surface area is 154 Å². The predicted molar refractivity (Wildman–Crippen MR) is 97.3 cm³/mol. The zero-order valence-electron chi connectivity index (χ0n) is 14.5. The fraction of sp³-hybridized carbons (Fsp3) is 0.222. The molecule has 9 heteroatoms. The summed E-state index contributed by atoms with van der Waals surface area (Å²) in [7, 11) is 0. The molecule has 0 atom stereocenters. The van der Waals surface area contributed by atoms with Gasteiger partial charge in [-0.1, -0.05) is 24.3 Å². The molecular weight excluding hydrogens is 348 g/mol. The van der Waals surface area contributed by atoms with Crippen molar-refractivity contribution in [3.8, 4) is 11.4 Å². The minimum Gasteiger partial charge on any atom is -0.322 e. The van der Waals surface area contributed by atoms with E-state index >= 15 is 0 Å². The first-order valence-electron chi connectivity index (χ1n) is 8.48. The van der Waals surface area contributed by atoms with Gasteiger partial charge in [0.2, 0.25) is 0 Å². The Morgan fingerprint density at radius 1 is 1.26 bits per heavy atom. The lowest BCUT2D eigenvalue weighted by molar-refractivity contribution is -0.385. The molecule has 2 aromatic carbocycles. The number of rotatable bonds is 5. The Balaban J connectivity index is 1.62. The fourth-order valence-electron chi connectivity index (χ4n) is 2.97. The number of tetrazole rings is 1. The number of nitrogens with one attached hydrogen (secondary N) is 1. The van der Waals surface area contributed by atoms with Crippen LogP contribution in [0.5, 0.6) is 0 Å². The zero-order valence-corrected chi connectivity index (χ0v) is 14.5. The molecule has 1 aliphatic rings. The molecule has 0 spiro atoms. The molecule has 9 nitrogen and oxygen atoms in total. The van der Waals surface area contributed by atoms with E-state index in [9.17, 15) is 14.9 Å². The summed E-state index contributed by atoms with van der Waals surface area (Å²) in [5.74, 6) is 0.0967. The number of benzene rings is 2. The van der Waals surface area contributed by atoms with Crippen molar-refractivity contribution < 1.29 is 9.72 Å². The van der Waals surface area contributed by atoms with Crippen molar-refractivity contribution >= 4 is 17.3 Å². The van der Waals surface area contributed by atoms with Crippen LogP contribution in [0.1, 0.15) is 34.8 Å². The molecule has 27 heavy (non-hydrogen) atoms. The van der Waals surface area contributed by atoms with Gasteiger partial charge < -0.3 is 5.32 Å². The van der Waals surface area contributed by atoms with Crippen LogP contribution >= 0.6 is 0 Å². The van der Waals surface area contributed by atoms with Crippen LogP contribution in [0.3, 0.4) is 0 Å². The van der Waals surface area contributed by atoms with Gasteiger partial charge in [-0.2, -0.15) is 0 Å². The highest BCUT2D eigenvalue weighted by Gasteiger charge is 2.28. The van der Waals surface area contributed by atoms with Crippen molar-refractivity contribution in [3.05, 3.63) is 63.7 Å². The number of aryl methyl sites for hydroxylation is 1. The molecule has 0 radical (unpaired) electrons. The number of para-hydroxylation sites is 1. The van der Waals surface area contributed by atoms with Crippen LogP contribution in [0.25, 0.3) is 11.4 Å². The molecule has 1 heterocycles. The Morgan fingerprint density at radius 2 is 2.04 bits per heavy atom. The highest BCUT2D eigenvalue weighted by Crippen LogP contribution is 2.36. The number of anilines is 1. The Kier molecular flexibility index (Phi) is 4.11. The van der Waals surface area contributed by atoms with E-state index in [1.54, 1.807) is 41.9 Å². The average molecular weight is 364 g/mol. The summed E-state index contributed by atoms with van der Waals surface area (Å²) >= 11 is 0. The average Bonchev–Trinajstić information content (AvgIpc) is 3.37. The van der Waals surface area contributed by atoms with E-state index < -0.39 is 10.8 Å². The van der Waals surface area contributed by atoms with Crippen LogP contribution in [0.15, 0.2) is 42.5 Å². The van der Waals surface area contributed by atoms with Gasteiger partial charge in [0, 0.05) is 16.8 Å². The van der Waals surface area contributed by atoms with Crippen LogP contribution in [0.4, 0.5) is 11.4 Å². The van der Waals surface area contributed by atoms with E-state index in [-0.39, 0.29) is 11.3 Å². The van der Waals surface area contributed by atoms with Crippen LogP contribution in [0.2, 0.25) is 0 Å². The topological polar surface area (TPSA) is 116 Å². The second kappa shape index (κ2) is 6.60. The standard InChI is InChI=1S/C18H16N6O3/c1-11-4-2-7-15(16(11)24(26)27)18(25)19-13-6-3-5-12(10-13)17-20-21-22-23(17)14-8-9-14/h2-7,10,14H,8-9H2,1H3,(H,19,25). The molecule has 0 unspecified atom stereocenters. The number of amides is 1. The monoisotopic (exact) mass is 364 g/mol. The smallest absolute Gasteiger partial charge is 0.285 e. The van der Waals surface area contributed by atoms with Gasteiger partial charge in [0.25, 0.3) is 11.6 Å². The molecular formula is C18H16N6O3. The number of nitrogens with zero attached hydrogens (tertiary/aromatic N) is 5. The zero-order chi connectivity index (χ0) is 19.0. The Morgan fingerprint density at radius 3 is 2.78 bits per heavy atom. The third kappa shape index (κ3) is 3.26. The van der Waals surface area contributed by atoms with Gasteiger partial charge in [0.1, 0.15) is 5.56 Å². The van der Waals surface area contributed by atoms with Gasteiger partial charge in [0.15, 0.2) is 5.82 Å². The lowest BCUT2D eigenvalue weighted by Gasteiger charge is -2.09. The molecule has 0 aliphatic heterocycles. The third-order valence-corrected chi connectivity index (χ3v) is 4.43. The predicted octanol–water partition coefficient (Wildman–Crippen LogP) is 3.14. The molecule has 4 rings (SSSR count). The van der Waals surface area contributed by atoms with Gasteiger partial charge >= 0.3 is 0 Å². The van der Waals surface area contributed by atoms with Crippen molar-refractivity contribution in [2.45, 2.75) is 25.8 Å². The number of carbonyl (C=O) groups is 1. The van der Waals surface area contributed by atoms with E-state index in [1.807, 2.05) is 6.07 Å². The van der Waals surface area contributed by atoms with Gasteiger partial charge in [-0.3, -0.25) is 14.9 Å². The quantitative estimate of drug-likeness (QED) is 0.549. The first-order valence-corrected chi connectivity index (χ1v) is 8.48. The van der Waals surface area contributed by atoms with Gasteiger partial charge in [0.05, 0.1) is 11.0 Å². The SMILES string of the molecule is Cc1cccc(C(=O)Nc2cccc(-c3nnnn3C3CC3)c2)c1[N+](=O)[O-]. The summed E-state index contributed by atoms with van der Waals surface area (Å²) in [4.78, 5) is 23.4. The van der Waals surface area contributed by atoms with Crippen molar-refractivity contribution in [3.63, 3.8) is 0 Å². The number of hydrogen-bond acceptors (Lipinski definition) is 6. The van der Waals surface area contributed by atoms with Crippen LogP contribution < -0.4 is 5.32 Å². The van der Waals surface area contributed by atoms with Crippen molar-refractivity contribution in [1.82, 2.24) is 20.2 Å². The molecule has 1 N–H and O–H groups in total. The van der Waals surface area contributed by atoms with E-state index in [2.05, 4.69) is 20.8 Å². The summed E-state index contributed by atoms with van der Waals surface area (Å²) in [6.07, 6.45) is 2.09. The lowest BCUT2D eigenvalue weighted by Crippen LogP contribution is -2.14. The minimum atomic E-state index is -0.538. The fourth-order valence-corrected chi connectivity index (χ4v) is 2.97. The van der Waals surface area contributed by atoms with E-state index in [0.717, 1.165) is 18.4 Å². The van der Waals surface area contributed by atoms with E-state index in [0.29, 0.717) is 23.1 Å². The van der Waals surface area contributed by atoms with Crippen LogP contribution in [-0.4, -0.2) is 31.0 Å². The summed E-state index contributed by atoms with van der Waals surface area (Å²) in [5, 5.41) is 25.9. The normalized spacial score (nSPS) is 13.4. The molecule has 1 saturated carbocycles. The first kappa shape index (κ1) is 16.8. The van der Waals surface area contributed by atoms with Crippen molar-refractivity contribution in [2.75, 3.05) is 5.32 Å².